The fourth-order valence-electron chi connectivity index (χ4n) is 2.07. The monoisotopic (exact) mass is 330 g/mol. The minimum Gasteiger partial charge on any atom is -0.336 e. The molecule has 1 fully saturated rings. The predicted molar refractivity (Wildman–Crippen MR) is 77.1 cm³/mol. The SMILES string of the molecule is CC1CN(C(=O)c2cccc(Br)c2Cl)CCN1C. The summed E-state index contributed by atoms with van der Waals surface area (Å²) in [5.41, 5.74) is 0.572. The molecule has 1 amide bonds. The molecule has 5 heteroatoms. The summed E-state index contributed by atoms with van der Waals surface area (Å²) in [4.78, 5) is 16.6. The molecule has 1 atom stereocenters. The molecule has 3 nitrogen and oxygen atoms in total. The van der Waals surface area contributed by atoms with E-state index in [9.17, 15) is 4.79 Å². The minimum atomic E-state index is 0.0150. The molecular formula is C13H16BrClN2O. The number of rotatable bonds is 1. The Morgan fingerprint density at radius 3 is 2.83 bits per heavy atom. The molecule has 0 N–H and O–H groups in total. The molecule has 98 valence electrons. The Bertz CT molecular complexity index is 466. The number of piperazine rings is 1. The van der Waals surface area contributed by atoms with Gasteiger partial charge in [0.25, 0.3) is 5.91 Å². The molecule has 2 rings (SSSR count). The normalized spacial score (nSPS) is 21.1. The van der Waals surface area contributed by atoms with E-state index in [-0.39, 0.29) is 5.91 Å². The third kappa shape index (κ3) is 2.71. The van der Waals surface area contributed by atoms with Gasteiger partial charge >= 0.3 is 0 Å². The van der Waals surface area contributed by atoms with E-state index in [2.05, 4.69) is 34.8 Å². The average molecular weight is 332 g/mol. The van der Waals surface area contributed by atoms with Crippen molar-refractivity contribution in [3.05, 3.63) is 33.3 Å². The molecule has 0 radical (unpaired) electrons. The Balaban J connectivity index is 2.19. The molecule has 1 aromatic rings. The van der Waals surface area contributed by atoms with E-state index in [1.54, 1.807) is 6.07 Å². The molecule has 18 heavy (non-hydrogen) atoms. The number of nitrogens with zero attached hydrogens (tertiary/aromatic N) is 2. The van der Waals surface area contributed by atoms with Gasteiger partial charge in [0.2, 0.25) is 0 Å². The van der Waals surface area contributed by atoms with Gasteiger partial charge in [0.1, 0.15) is 0 Å². The van der Waals surface area contributed by atoms with Gasteiger partial charge in [0, 0.05) is 30.1 Å². The van der Waals surface area contributed by atoms with Crippen molar-refractivity contribution in [2.75, 3.05) is 26.7 Å². The Labute approximate surface area is 121 Å². The van der Waals surface area contributed by atoms with Crippen LogP contribution in [-0.4, -0.2) is 48.4 Å². The van der Waals surface area contributed by atoms with Crippen LogP contribution in [0.1, 0.15) is 17.3 Å². The Kier molecular flexibility index (Phi) is 4.30. The Morgan fingerprint density at radius 2 is 2.17 bits per heavy atom. The van der Waals surface area contributed by atoms with Gasteiger partial charge in [-0.15, -0.1) is 0 Å². The highest BCUT2D eigenvalue weighted by Gasteiger charge is 2.26. The van der Waals surface area contributed by atoms with E-state index >= 15 is 0 Å². The van der Waals surface area contributed by atoms with Crippen LogP contribution in [0.15, 0.2) is 22.7 Å². The van der Waals surface area contributed by atoms with E-state index in [0.717, 1.165) is 24.1 Å². The smallest absolute Gasteiger partial charge is 0.255 e. The van der Waals surface area contributed by atoms with Crippen LogP contribution >= 0.6 is 27.5 Å². The van der Waals surface area contributed by atoms with Crippen molar-refractivity contribution in [3.63, 3.8) is 0 Å². The Hall–Kier alpha value is -0.580. The zero-order valence-electron chi connectivity index (χ0n) is 10.5. The maximum atomic E-state index is 12.4. The van der Waals surface area contributed by atoms with Crippen LogP contribution in [0.5, 0.6) is 0 Å². The molecule has 0 saturated carbocycles. The van der Waals surface area contributed by atoms with Crippen molar-refractivity contribution in [1.82, 2.24) is 9.80 Å². The van der Waals surface area contributed by atoms with Crippen molar-refractivity contribution in [2.24, 2.45) is 0 Å². The average Bonchev–Trinajstić information content (AvgIpc) is 2.35. The van der Waals surface area contributed by atoms with Crippen LogP contribution in [-0.2, 0) is 0 Å². The highest BCUT2D eigenvalue weighted by atomic mass is 79.9. The van der Waals surface area contributed by atoms with Gasteiger partial charge in [0.15, 0.2) is 0 Å². The van der Waals surface area contributed by atoms with E-state index in [0.29, 0.717) is 16.6 Å². The van der Waals surface area contributed by atoms with Crippen LogP contribution < -0.4 is 0 Å². The quantitative estimate of drug-likeness (QED) is 0.790. The molecule has 0 spiro atoms. The van der Waals surface area contributed by atoms with E-state index < -0.39 is 0 Å². The number of amides is 1. The van der Waals surface area contributed by atoms with Gasteiger partial charge in [-0.1, -0.05) is 17.7 Å². The van der Waals surface area contributed by atoms with Gasteiger partial charge in [-0.05, 0) is 42.0 Å². The van der Waals surface area contributed by atoms with Crippen LogP contribution in [0.3, 0.4) is 0 Å². The van der Waals surface area contributed by atoms with Gasteiger partial charge in [-0.25, -0.2) is 0 Å². The molecule has 1 aliphatic rings. The van der Waals surface area contributed by atoms with Crippen molar-refractivity contribution < 1.29 is 4.79 Å². The molecule has 1 heterocycles. The first-order chi connectivity index (χ1) is 8.50. The number of hydrogen-bond donors (Lipinski definition) is 0. The summed E-state index contributed by atoms with van der Waals surface area (Å²) >= 11 is 9.52. The highest BCUT2D eigenvalue weighted by Crippen LogP contribution is 2.27. The molecular weight excluding hydrogens is 316 g/mol. The molecule has 0 aliphatic carbocycles. The number of hydrogen-bond acceptors (Lipinski definition) is 2. The first kappa shape index (κ1) is 13.8. The third-order valence-electron chi connectivity index (χ3n) is 3.43. The number of halogens is 2. The molecule has 1 unspecified atom stereocenters. The van der Waals surface area contributed by atoms with Crippen LogP contribution in [0.25, 0.3) is 0 Å². The first-order valence-electron chi connectivity index (χ1n) is 5.94. The summed E-state index contributed by atoms with van der Waals surface area (Å²) in [7, 11) is 2.08. The second kappa shape index (κ2) is 5.59. The second-order valence-corrected chi connectivity index (χ2v) is 5.91. The number of carbonyl (C=O) groups is 1. The lowest BCUT2D eigenvalue weighted by Crippen LogP contribution is -2.52. The second-order valence-electron chi connectivity index (χ2n) is 4.68. The number of likely N-dealkylation sites (N-methyl/N-ethyl adjacent to an activating group) is 1. The molecule has 1 saturated heterocycles. The summed E-state index contributed by atoms with van der Waals surface area (Å²) in [5.74, 6) is 0.0150. The highest BCUT2D eigenvalue weighted by molar-refractivity contribution is 9.10. The summed E-state index contributed by atoms with van der Waals surface area (Å²) in [6.45, 7) is 4.53. The lowest BCUT2D eigenvalue weighted by molar-refractivity contribution is 0.0572. The summed E-state index contributed by atoms with van der Waals surface area (Å²) in [6.07, 6.45) is 0. The molecule has 0 aromatic heterocycles. The maximum absolute atomic E-state index is 12.4. The zero-order chi connectivity index (χ0) is 13.3. The summed E-state index contributed by atoms with van der Waals surface area (Å²) < 4.78 is 0.761. The Morgan fingerprint density at radius 1 is 1.44 bits per heavy atom. The zero-order valence-corrected chi connectivity index (χ0v) is 12.8. The van der Waals surface area contributed by atoms with Gasteiger partial charge in [-0.3, -0.25) is 4.79 Å². The topological polar surface area (TPSA) is 23.6 Å². The summed E-state index contributed by atoms with van der Waals surface area (Å²) in [6, 6.07) is 5.83. The van der Waals surface area contributed by atoms with E-state index in [1.165, 1.54) is 0 Å². The lowest BCUT2D eigenvalue weighted by atomic mass is 10.1. The standard InChI is InChI=1S/C13H16BrClN2O/c1-9-8-17(7-6-16(9)2)13(18)10-4-3-5-11(14)12(10)15/h3-5,9H,6-8H2,1-2H3. The third-order valence-corrected chi connectivity index (χ3v) is 4.73. The van der Waals surface area contributed by atoms with Crippen molar-refractivity contribution in [3.8, 4) is 0 Å². The molecule has 0 bridgehead atoms. The van der Waals surface area contributed by atoms with E-state index in [1.807, 2.05) is 17.0 Å². The minimum absolute atomic E-state index is 0.0150. The van der Waals surface area contributed by atoms with Gasteiger partial charge in [-0.2, -0.15) is 0 Å². The van der Waals surface area contributed by atoms with E-state index in [4.69, 9.17) is 11.6 Å². The van der Waals surface area contributed by atoms with Gasteiger partial charge in [0.05, 0.1) is 10.6 Å². The summed E-state index contributed by atoms with van der Waals surface area (Å²) in [5, 5.41) is 0.495. The van der Waals surface area contributed by atoms with Crippen LogP contribution in [0.4, 0.5) is 0 Å². The largest absolute Gasteiger partial charge is 0.336 e. The molecule has 1 aromatic carbocycles. The fraction of sp³-hybridized carbons (Fsp3) is 0.462. The van der Waals surface area contributed by atoms with Crippen LogP contribution in [0.2, 0.25) is 5.02 Å². The maximum Gasteiger partial charge on any atom is 0.255 e. The predicted octanol–water partition coefficient (Wildman–Crippen LogP) is 2.88. The first-order valence-corrected chi connectivity index (χ1v) is 7.11. The van der Waals surface area contributed by atoms with Crippen LogP contribution in [0, 0.1) is 0 Å². The van der Waals surface area contributed by atoms with Crippen molar-refractivity contribution in [1.29, 1.82) is 0 Å². The lowest BCUT2D eigenvalue weighted by Gasteiger charge is -2.37. The van der Waals surface area contributed by atoms with Gasteiger partial charge < -0.3 is 9.80 Å². The fourth-order valence-corrected chi connectivity index (χ4v) is 2.65. The number of benzene rings is 1. The van der Waals surface area contributed by atoms with Crippen molar-refractivity contribution >= 4 is 33.4 Å². The van der Waals surface area contributed by atoms with Crippen molar-refractivity contribution in [2.45, 2.75) is 13.0 Å². The molecule has 1 aliphatic heterocycles. The number of carbonyl (C=O) groups excluding carboxylic acids is 1.